The lowest BCUT2D eigenvalue weighted by atomic mass is 10.1. The molecule has 4 nitrogen and oxygen atoms in total. The van der Waals surface area contributed by atoms with E-state index < -0.39 is 17.6 Å². The summed E-state index contributed by atoms with van der Waals surface area (Å²) in [6.07, 6.45) is 0. The van der Waals surface area contributed by atoms with Crippen molar-refractivity contribution in [3.8, 4) is 0 Å². The molecule has 0 aliphatic rings. The predicted octanol–water partition coefficient (Wildman–Crippen LogP) is 3.75. The lowest BCUT2D eigenvalue weighted by Crippen LogP contribution is -2.06. The van der Waals surface area contributed by atoms with Gasteiger partial charge in [-0.2, -0.15) is 0 Å². The highest BCUT2D eigenvalue weighted by atomic mass is 79.9. The van der Waals surface area contributed by atoms with Crippen LogP contribution in [0.5, 0.6) is 0 Å². The number of para-hydroxylation sites is 1. The van der Waals surface area contributed by atoms with Crippen molar-refractivity contribution in [3.63, 3.8) is 0 Å². The molecular weight excluding hydrogens is 334 g/mol. The molecule has 0 spiro atoms. The number of carboxylic acids is 1. The quantitative estimate of drug-likeness (QED) is 0.586. The second-order valence-corrected chi connectivity index (χ2v) is 4.80. The Hall–Kier alpha value is -2.15. The fourth-order valence-corrected chi connectivity index (χ4v) is 1.97. The molecule has 2 rings (SSSR count). The van der Waals surface area contributed by atoms with Crippen LogP contribution in [0.4, 0.5) is 25.8 Å². The van der Waals surface area contributed by atoms with Crippen LogP contribution in [-0.2, 0) is 0 Å². The summed E-state index contributed by atoms with van der Waals surface area (Å²) < 4.78 is 26.8. The third kappa shape index (κ3) is 2.72. The van der Waals surface area contributed by atoms with Crippen LogP contribution < -0.4 is 11.1 Å². The fraction of sp³-hybridized carbons (Fsp3) is 0. The molecule has 0 amide bonds. The van der Waals surface area contributed by atoms with E-state index in [4.69, 9.17) is 10.8 Å². The van der Waals surface area contributed by atoms with Gasteiger partial charge in [-0.25, -0.2) is 13.6 Å². The maximum Gasteiger partial charge on any atom is 0.337 e. The van der Waals surface area contributed by atoms with Crippen LogP contribution in [0, 0.1) is 11.6 Å². The number of anilines is 3. The second-order valence-electron chi connectivity index (χ2n) is 3.94. The number of nitrogens with one attached hydrogen (secondary N) is 1. The van der Waals surface area contributed by atoms with E-state index in [2.05, 4.69) is 21.2 Å². The molecule has 2 aromatic rings. The van der Waals surface area contributed by atoms with Crippen molar-refractivity contribution >= 4 is 39.0 Å². The van der Waals surface area contributed by atoms with Gasteiger partial charge in [-0.05, 0) is 34.1 Å². The monoisotopic (exact) mass is 342 g/mol. The lowest BCUT2D eigenvalue weighted by Gasteiger charge is -2.12. The minimum Gasteiger partial charge on any atom is -0.478 e. The Labute approximate surface area is 121 Å². The minimum atomic E-state index is -1.19. The number of carboxylic acid groups (broad SMARTS) is 1. The third-order valence-corrected chi connectivity index (χ3v) is 3.22. The largest absolute Gasteiger partial charge is 0.478 e. The zero-order chi connectivity index (χ0) is 14.9. The maximum absolute atomic E-state index is 13.6. The van der Waals surface area contributed by atoms with Crippen LogP contribution in [0.15, 0.2) is 34.8 Å². The van der Waals surface area contributed by atoms with Crippen molar-refractivity contribution in [1.29, 1.82) is 0 Å². The summed E-state index contributed by atoms with van der Waals surface area (Å²) in [5.41, 5.74) is 5.77. The van der Waals surface area contributed by atoms with Gasteiger partial charge >= 0.3 is 5.97 Å². The van der Waals surface area contributed by atoms with E-state index >= 15 is 0 Å². The van der Waals surface area contributed by atoms with Gasteiger partial charge < -0.3 is 16.2 Å². The smallest absolute Gasteiger partial charge is 0.337 e. The molecule has 104 valence electrons. The second kappa shape index (κ2) is 5.46. The third-order valence-electron chi connectivity index (χ3n) is 2.62. The van der Waals surface area contributed by atoms with Gasteiger partial charge in [0.1, 0.15) is 11.6 Å². The molecule has 0 fully saturated rings. The molecule has 7 heteroatoms. The summed E-state index contributed by atoms with van der Waals surface area (Å²) in [6, 6.07) is 6.22. The first-order valence-corrected chi connectivity index (χ1v) is 6.23. The summed E-state index contributed by atoms with van der Waals surface area (Å²) in [4.78, 5) is 11.0. The Morgan fingerprint density at radius 3 is 2.55 bits per heavy atom. The zero-order valence-corrected chi connectivity index (χ0v) is 11.5. The van der Waals surface area contributed by atoms with Crippen LogP contribution in [-0.4, -0.2) is 11.1 Å². The predicted molar refractivity (Wildman–Crippen MR) is 75.2 cm³/mol. The molecule has 0 atom stereocenters. The molecule has 2 aromatic carbocycles. The molecule has 0 aliphatic carbocycles. The Morgan fingerprint density at radius 1 is 1.20 bits per heavy atom. The summed E-state index contributed by atoms with van der Waals surface area (Å²) in [5.74, 6) is -2.74. The number of nitrogen functional groups attached to an aromatic ring is 1. The summed E-state index contributed by atoms with van der Waals surface area (Å²) in [6.45, 7) is 0. The van der Waals surface area contributed by atoms with E-state index in [1.807, 2.05) is 0 Å². The van der Waals surface area contributed by atoms with Crippen LogP contribution >= 0.6 is 15.9 Å². The van der Waals surface area contributed by atoms with E-state index in [9.17, 15) is 13.6 Å². The normalized spacial score (nSPS) is 10.3. The number of hydrogen-bond acceptors (Lipinski definition) is 3. The molecule has 0 aromatic heterocycles. The molecule has 20 heavy (non-hydrogen) atoms. The minimum absolute atomic E-state index is 0.0208. The Kier molecular flexibility index (Phi) is 3.89. The number of carbonyl (C=O) groups is 1. The first kappa shape index (κ1) is 14.3. The summed E-state index contributed by atoms with van der Waals surface area (Å²) >= 11 is 2.94. The molecule has 0 heterocycles. The SMILES string of the molecule is Nc1c(Nc2cc(Br)c(F)cc2F)cccc1C(=O)O. The summed E-state index contributed by atoms with van der Waals surface area (Å²) in [7, 11) is 0. The van der Waals surface area contributed by atoms with Crippen molar-refractivity contribution in [2.75, 3.05) is 11.1 Å². The number of rotatable bonds is 3. The van der Waals surface area contributed by atoms with Crippen molar-refractivity contribution in [1.82, 2.24) is 0 Å². The van der Waals surface area contributed by atoms with Gasteiger partial charge in [0.25, 0.3) is 0 Å². The van der Waals surface area contributed by atoms with Crippen LogP contribution in [0.2, 0.25) is 0 Å². The Bertz CT molecular complexity index is 692. The van der Waals surface area contributed by atoms with E-state index in [1.54, 1.807) is 0 Å². The van der Waals surface area contributed by atoms with E-state index in [0.29, 0.717) is 6.07 Å². The number of benzene rings is 2. The van der Waals surface area contributed by atoms with Crippen LogP contribution in [0.1, 0.15) is 10.4 Å². The molecule has 0 bridgehead atoms. The Balaban J connectivity index is 2.43. The standard InChI is InChI=1S/C13H9BrF2N2O2/c14-7-4-11(9(16)5-8(7)15)18-10-3-1-2-6(12(10)17)13(19)20/h1-5,18H,17H2,(H,19,20). The Morgan fingerprint density at radius 2 is 1.90 bits per heavy atom. The highest BCUT2D eigenvalue weighted by Gasteiger charge is 2.13. The highest BCUT2D eigenvalue weighted by molar-refractivity contribution is 9.10. The van der Waals surface area contributed by atoms with Crippen LogP contribution in [0.3, 0.4) is 0 Å². The average Bonchev–Trinajstić information content (AvgIpc) is 2.37. The van der Waals surface area contributed by atoms with Gasteiger partial charge in [0.2, 0.25) is 0 Å². The van der Waals surface area contributed by atoms with Crippen LogP contribution in [0.25, 0.3) is 0 Å². The molecule has 0 saturated carbocycles. The van der Waals surface area contributed by atoms with Crippen molar-refractivity contribution < 1.29 is 18.7 Å². The first-order chi connectivity index (χ1) is 9.40. The first-order valence-electron chi connectivity index (χ1n) is 5.43. The lowest BCUT2D eigenvalue weighted by molar-refractivity contribution is 0.0698. The molecule has 0 saturated heterocycles. The van der Waals surface area contributed by atoms with Gasteiger partial charge in [0.05, 0.1) is 27.1 Å². The molecule has 0 unspecified atom stereocenters. The highest BCUT2D eigenvalue weighted by Crippen LogP contribution is 2.30. The van der Waals surface area contributed by atoms with E-state index in [-0.39, 0.29) is 27.1 Å². The van der Waals surface area contributed by atoms with Crippen molar-refractivity contribution in [3.05, 3.63) is 52.0 Å². The molecular formula is C13H9BrF2N2O2. The average molecular weight is 343 g/mol. The summed E-state index contributed by atoms with van der Waals surface area (Å²) in [5, 5.41) is 11.6. The van der Waals surface area contributed by atoms with Gasteiger partial charge in [0.15, 0.2) is 0 Å². The van der Waals surface area contributed by atoms with E-state index in [0.717, 1.165) is 0 Å². The maximum atomic E-state index is 13.6. The van der Waals surface area contributed by atoms with Gasteiger partial charge in [-0.3, -0.25) is 0 Å². The number of hydrogen-bond donors (Lipinski definition) is 3. The fourth-order valence-electron chi connectivity index (χ4n) is 1.62. The van der Waals surface area contributed by atoms with E-state index in [1.165, 1.54) is 24.3 Å². The number of aromatic carboxylic acids is 1. The molecule has 4 N–H and O–H groups in total. The number of nitrogens with two attached hydrogens (primary N) is 1. The number of halogens is 3. The molecule has 0 aliphatic heterocycles. The van der Waals surface area contributed by atoms with Gasteiger partial charge in [0, 0.05) is 6.07 Å². The van der Waals surface area contributed by atoms with Gasteiger partial charge in [-0.1, -0.05) is 6.07 Å². The van der Waals surface area contributed by atoms with Crippen molar-refractivity contribution in [2.24, 2.45) is 0 Å². The topological polar surface area (TPSA) is 75.3 Å². The zero-order valence-electron chi connectivity index (χ0n) is 9.95. The van der Waals surface area contributed by atoms with Gasteiger partial charge in [-0.15, -0.1) is 0 Å². The van der Waals surface area contributed by atoms with Crippen molar-refractivity contribution in [2.45, 2.75) is 0 Å². The molecule has 0 radical (unpaired) electrons.